The molecule has 2 saturated carbocycles. The van der Waals surface area contributed by atoms with Gasteiger partial charge < -0.3 is 16.2 Å². The SMILES string of the molecule is NC1(C(=O)O)CCC(C(=O)NCC2CCC2)CC1. The Morgan fingerprint density at radius 2 is 1.83 bits per heavy atom. The number of carbonyl (C=O) groups excluding carboxylic acids is 1. The maximum absolute atomic E-state index is 11.9. The molecule has 1 amide bonds. The fourth-order valence-electron chi connectivity index (χ4n) is 2.70. The maximum Gasteiger partial charge on any atom is 0.323 e. The van der Waals surface area contributed by atoms with E-state index in [9.17, 15) is 9.59 Å². The predicted octanol–water partition coefficient (Wildman–Crippen LogP) is 0.875. The van der Waals surface area contributed by atoms with Gasteiger partial charge in [0, 0.05) is 12.5 Å². The third-order valence-electron chi connectivity index (χ3n) is 4.46. The first kappa shape index (κ1) is 13.3. The van der Waals surface area contributed by atoms with Crippen molar-refractivity contribution in [2.24, 2.45) is 17.6 Å². The summed E-state index contributed by atoms with van der Waals surface area (Å²) in [5.41, 5.74) is 4.67. The fourth-order valence-corrected chi connectivity index (χ4v) is 2.70. The first-order valence-corrected chi connectivity index (χ1v) is 6.81. The Balaban J connectivity index is 1.74. The van der Waals surface area contributed by atoms with Crippen LogP contribution < -0.4 is 11.1 Å². The molecule has 102 valence electrons. The highest BCUT2D eigenvalue weighted by Gasteiger charge is 2.40. The zero-order valence-electron chi connectivity index (χ0n) is 10.7. The van der Waals surface area contributed by atoms with Crippen molar-refractivity contribution < 1.29 is 14.7 Å². The number of amides is 1. The molecular formula is C13H22N2O3. The minimum Gasteiger partial charge on any atom is -0.480 e. The zero-order chi connectivity index (χ0) is 13.2. The van der Waals surface area contributed by atoms with E-state index in [1.54, 1.807) is 0 Å². The molecule has 4 N–H and O–H groups in total. The van der Waals surface area contributed by atoms with Crippen LogP contribution in [0.1, 0.15) is 44.9 Å². The lowest BCUT2D eigenvalue weighted by atomic mass is 9.76. The van der Waals surface area contributed by atoms with Crippen molar-refractivity contribution >= 4 is 11.9 Å². The van der Waals surface area contributed by atoms with Crippen LogP contribution in [0, 0.1) is 11.8 Å². The van der Waals surface area contributed by atoms with E-state index < -0.39 is 11.5 Å². The van der Waals surface area contributed by atoms with Gasteiger partial charge in [0.2, 0.25) is 5.91 Å². The standard InChI is InChI=1S/C13H22N2O3/c14-13(12(17)18)6-4-10(5-7-13)11(16)15-8-9-2-1-3-9/h9-10H,1-8,14H2,(H,15,16)(H,17,18). The molecule has 2 rings (SSSR count). The number of nitrogens with two attached hydrogens (primary N) is 1. The predicted molar refractivity (Wildman–Crippen MR) is 66.9 cm³/mol. The van der Waals surface area contributed by atoms with Gasteiger partial charge in [-0.2, -0.15) is 0 Å². The molecule has 2 aliphatic carbocycles. The third kappa shape index (κ3) is 2.83. The van der Waals surface area contributed by atoms with E-state index in [0.717, 1.165) is 6.54 Å². The number of rotatable bonds is 4. The molecule has 0 spiro atoms. The van der Waals surface area contributed by atoms with Gasteiger partial charge in [-0.05, 0) is 44.4 Å². The summed E-state index contributed by atoms with van der Waals surface area (Å²) in [7, 11) is 0. The van der Waals surface area contributed by atoms with Crippen LogP contribution in [0.2, 0.25) is 0 Å². The second-order valence-electron chi connectivity index (χ2n) is 5.78. The molecule has 0 saturated heterocycles. The molecule has 5 nitrogen and oxygen atoms in total. The average molecular weight is 254 g/mol. The molecule has 0 aromatic heterocycles. The van der Waals surface area contributed by atoms with Crippen molar-refractivity contribution in [3.63, 3.8) is 0 Å². The van der Waals surface area contributed by atoms with Gasteiger partial charge in [0.15, 0.2) is 0 Å². The molecule has 0 bridgehead atoms. The van der Waals surface area contributed by atoms with E-state index in [0.29, 0.717) is 31.6 Å². The number of nitrogens with one attached hydrogen (secondary N) is 1. The molecule has 0 radical (unpaired) electrons. The van der Waals surface area contributed by atoms with Gasteiger partial charge in [0.1, 0.15) is 5.54 Å². The summed E-state index contributed by atoms with van der Waals surface area (Å²) in [5.74, 6) is -0.267. The van der Waals surface area contributed by atoms with E-state index in [1.807, 2.05) is 0 Å². The highest BCUT2D eigenvalue weighted by atomic mass is 16.4. The van der Waals surface area contributed by atoms with Crippen LogP contribution in [0.15, 0.2) is 0 Å². The molecule has 2 aliphatic rings. The van der Waals surface area contributed by atoms with Crippen LogP contribution in [-0.4, -0.2) is 29.1 Å². The lowest BCUT2D eigenvalue weighted by Gasteiger charge is -2.33. The second kappa shape index (κ2) is 5.26. The smallest absolute Gasteiger partial charge is 0.323 e. The molecular weight excluding hydrogens is 232 g/mol. The summed E-state index contributed by atoms with van der Waals surface area (Å²) >= 11 is 0. The number of aliphatic carboxylic acids is 1. The van der Waals surface area contributed by atoms with Crippen LogP contribution in [0.25, 0.3) is 0 Å². The van der Waals surface area contributed by atoms with Gasteiger partial charge >= 0.3 is 5.97 Å². The Morgan fingerprint density at radius 1 is 1.22 bits per heavy atom. The van der Waals surface area contributed by atoms with Gasteiger partial charge in [0.25, 0.3) is 0 Å². The Kier molecular flexibility index (Phi) is 3.90. The summed E-state index contributed by atoms with van der Waals surface area (Å²) in [6, 6.07) is 0. The van der Waals surface area contributed by atoms with Crippen molar-refractivity contribution in [1.82, 2.24) is 5.32 Å². The number of carbonyl (C=O) groups is 2. The van der Waals surface area contributed by atoms with Crippen LogP contribution >= 0.6 is 0 Å². The number of carboxylic acid groups (broad SMARTS) is 1. The van der Waals surface area contributed by atoms with Crippen molar-refractivity contribution in [3.8, 4) is 0 Å². The van der Waals surface area contributed by atoms with Crippen molar-refractivity contribution in [3.05, 3.63) is 0 Å². The number of hydrogen-bond acceptors (Lipinski definition) is 3. The first-order valence-electron chi connectivity index (χ1n) is 6.81. The molecule has 18 heavy (non-hydrogen) atoms. The summed E-state index contributed by atoms with van der Waals surface area (Å²) < 4.78 is 0. The highest BCUT2D eigenvalue weighted by Crippen LogP contribution is 2.31. The third-order valence-corrected chi connectivity index (χ3v) is 4.46. The summed E-state index contributed by atoms with van der Waals surface area (Å²) in [4.78, 5) is 22.9. The molecule has 0 aromatic carbocycles. The first-order chi connectivity index (χ1) is 8.51. The Labute approximate surface area is 107 Å². The topological polar surface area (TPSA) is 92.4 Å². The van der Waals surface area contributed by atoms with Crippen LogP contribution in [0.4, 0.5) is 0 Å². The normalized spacial score (nSPS) is 32.6. The van der Waals surface area contributed by atoms with Crippen molar-refractivity contribution in [1.29, 1.82) is 0 Å². The Morgan fingerprint density at radius 3 is 2.28 bits per heavy atom. The van der Waals surface area contributed by atoms with Crippen LogP contribution in [0.3, 0.4) is 0 Å². The molecule has 0 unspecified atom stereocenters. The molecule has 0 heterocycles. The molecule has 0 aliphatic heterocycles. The molecule has 5 heteroatoms. The van der Waals surface area contributed by atoms with E-state index >= 15 is 0 Å². The van der Waals surface area contributed by atoms with Gasteiger partial charge in [-0.1, -0.05) is 6.42 Å². The summed E-state index contributed by atoms with van der Waals surface area (Å²) in [6.07, 6.45) is 5.66. The molecule has 2 fully saturated rings. The van der Waals surface area contributed by atoms with E-state index in [-0.39, 0.29) is 11.8 Å². The van der Waals surface area contributed by atoms with E-state index in [2.05, 4.69) is 5.32 Å². The number of carboxylic acids is 1. The van der Waals surface area contributed by atoms with Crippen LogP contribution in [0.5, 0.6) is 0 Å². The van der Waals surface area contributed by atoms with Crippen molar-refractivity contribution in [2.75, 3.05) is 6.54 Å². The maximum atomic E-state index is 11.9. The van der Waals surface area contributed by atoms with Gasteiger partial charge in [0.05, 0.1) is 0 Å². The molecule has 0 aromatic rings. The van der Waals surface area contributed by atoms with Crippen molar-refractivity contribution in [2.45, 2.75) is 50.5 Å². The van der Waals surface area contributed by atoms with Crippen LogP contribution in [-0.2, 0) is 9.59 Å². The Hall–Kier alpha value is -1.10. The lowest BCUT2D eigenvalue weighted by molar-refractivity contribution is -0.146. The van der Waals surface area contributed by atoms with Gasteiger partial charge in [-0.3, -0.25) is 9.59 Å². The number of hydrogen-bond donors (Lipinski definition) is 3. The quantitative estimate of drug-likeness (QED) is 0.694. The largest absolute Gasteiger partial charge is 0.480 e. The monoisotopic (exact) mass is 254 g/mol. The van der Waals surface area contributed by atoms with E-state index in [1.165, 1.54) is 19.3 Å². The van der Waals surface area contributed by atoms with Gasteiger partial charge in [-0.25, -0.2) is 0 Å². The van der Waals surface area contributed by atoms with Gasteiger partial charge in [-0.15, -0.1) is 0 Å². The molecule has 0 atom stereocenters. The minimum atomic E-state index is -1.12. The lowest BCUT2D eigenvalue weighted by Crippen LogP contribution is -2.52. The van der Waals surface area contributed by atoms with E-state index in [4.69, 9.17) is 10.8 Å². The summed E-state index contributed by atoms with van der Waals surface area (Å²) in [6.45, 7) is 0.780. The second-order valence-corrected chi connectivity index (χ2v) is 5.78. The minimum absolute atomic E-state index is 0.0545. The fraction of sp³-hybridized carbons (Fsp3) is 0.846. The highest BCUT2D eigenvalue weighted by molar-refractivity contribution is 5.81. The summed E-state index contributed by atoms with van der Waals surface area (Å²) in [5, 5.41) is 12.0. The Bertz CT molecular complexity index is 331. The average Bonchev–Trinajstić information content (AvgIpc) is 2.27. The zero-order valence-corrected chi connectivity index (χ0v) is 10.7.